The van der Waals surface area contributed by atoms with Crippen molar-refractivity contribution in [1.82, 2.24) is 0 Å². The molecule has 2 aliphatic rings. The highest BCUT2D eigenvalue weighted by atomic mass is 16.7. The van der Waals surface area contributed by atoms with E-state index in [9.17, 15) is 0 Å². The number of hydrogen-bond donors (Lipinski definition) is 0. The monoisotopic (exact) mass is 364 g/mol. The zero-order chi connectivity index (χ0) is 19.2. The lowest BCUT2D eigenvalue weighted by Gasteiger charge is -2.32. The van der Waals surface area contributed by atoms with E-state index in [0.29, 0.717) is 12.5 Å². The van der Waals surface area contributed by atoms with E-state index in [2.05, 4.69) is 58.9 Å². The molecule has 0 atom stereocenters. The molecule has 0 spiro atoms. The summed E-state index contributed by atoms with van der Waals surface area (Å²) in [6, 6.07) is 14.8. The lowest BCUT2D eigenvalue weighted by Crippen LogP contribution is -2.41. The molecular weight excluding hydrogens is 335 g/mol. The van der Waals surface area contributed by atoms with E-state index in [1.165, 1.54) is 24.0 Å². The zero-order valence-electron chi connectivity index (χ0n) is 17.0. The van der Waals surface area contributed by atoms with Gasteiger partial charge < -0.3 is 14.0 Å². The van der Waals surface area contributed by atoms with Gasteiger partial charge >= 0.3 is 7.12 Å². The topological polar surface area (TPSA) is 27.7 Å². The van der Waals surface area contributed by atoms with Crippen LogP contribution in [-0.4, -0.2) is 18.3 Å². The fraction of sp³-hybridized carbons (Fsp3) is 0.478. The van der Waals surface area contributed by atoms with Crippen molar-refractivity contribution in [3.63, 3.8) is 0 Å². The molecule has 1 heterocycles. The van der Waals surface area contributed by atoms with Crippen molar-refractivity contribution >= 4 is 12.6 Å². The van der Waals surface area contributed by atoms with Crippen molar-refractivity contribution in [3.05, 3.63) is 59.2 Å². The summed E-state index contributed by atoms with van der Waals surface area (Å²) >= 11 is 0. The summed E-state index contributed by atoms with van der Waals surface area (Å²) in [5, 5.41) is 0. The Balaban J connectivity index is 1.67. The standard InChI is InChI=1S/C23H29BO3/c1-16-13-19(18-11-12-18)14-20(25-15-17-9-7-6-8-10-17)21(16)24-26-22(2,3)23(4,5)27-24/h6-10,13-14,18H,11-12,15H2,1-5H3. The molecule has 1 saturated heterocycles. The highest BCUT2D eigenvalue weighted by Crippen LogP contribution is 2.42. The van der Waals surface area contributed by atoms with Crippen LogP contribution in [0, 0.1) is 6.92 Å². The predicted octanol–water partition coefficient (Wildman–Crippen LogP) is 4.75. The van der Waals surface area contributed by atoms with Crippen molar-refractivity contribution in [3.8, 4) is 5.75 Å². The molecule has 2 aromatic carbocycles. The van der Waals surface area contributed by atoms with E-state index in [0.717, 1.165) is 16.8 Å². The van der Waals surface area contributed by atoms with Crippen LogP contribution in [-0.2, 0) is 15.9 Å². The third kappa shape index (κ3) is 3.65. The van der Waals surface area contributed by atoms with Crippen LogP contribution in [0.25, 0.3) is 0 Å². The molecular formula is C23H29BO3. The van der Waals surface area contributed by atoms with Crippen LogP contribution in [0.15, 0.2) is 42.5 Å². The van der Waals surface area contributed by atoms with Crippen LogP contribution >= 0.6 is 0 Å². The Bertz CT molecular complexity index is 809. The summed E-state index contributed by atoms with van der Waals surface area (Å²) in [7, 11) is -0.408. The van der Waals surface area contributed by atoms with Crippen LogP contribution < -0.4 is 10.2 Å². The second-order valence-electron chi connectivity index (χ2n) is 8.89. The molecule has 2 aromatic rings. The molecule has 1 saturated carbocycles. The average Bonchev–Trinajstić information content (AvgIpc) is 3.41. The second kappa shape index (κ2) is 6.68. The summed E-state index contributed by atoms with van der Waals surface area (Å²) < 4.78 is 19.0. The highest BCUT2D eigenvalue weighted by Gasteiger charge is 2.53. The quantitative estimate of drug-likeness (QED) is 0.717. The fourth-order valence-electron chi connectivity index (χ4n) is 3.56. The SMILES string of the molecule is Cc1cc(C2CC2)cc(OCc2ccccc2)c1B1OC(C)(C)C(C)(C)O1. The molecule has 0 amide bonds. The molecule has 4 rings (SSSR count). The number of benzene rings is 2. The molecule has 0 radical (unpaired) electrons. The van der Waals surface area contributed by atoms with E-state index >= 15 is 0 Å². The van der Waals surface area contributed by atoms with Crippen LogP contribution in [0.2, 0.25) is 0 Å². The van der Waals surface area contributed by atoms with Crippen molar-refractivity contribution in [1.29, 1.82) is 0 Å². The first-order valence-corrected chi connectivity index (χ1v) is 9.94. The Morgan fingerprint density at radius 2 is 1.63 bits per heavy atom. The third-order valence-electron chi connectivity index (χ3n) is 6.15. The Kier molecular flexibility index (Phi) is 4.60. The average molecular weight is 364 g/mol. The van der Waals surface area contributed by atoms with Gasteiger partial charge in [-0.05, 0) is 76.1 Å². The summed E-state index contributed by atoms with van der Waals surface area (Å²) in [4.78, 5) is 0. The maximum Gasteiger partial charge on any atom is 0.498 e. The van der Waals surface area contributed by atoms with Crippen molar-refractivity contribution in [2.75, 3.05) is 0 Å². The number of aryl methyl sites for hydroxylation is 1. The smallest absolute Gasteiger partial charge is 0.489 e. The van der Waals surface area contributed by atoms with E-state index < -0.39 is 7.12 Å². The van der Waals surface area contributed by atoms with Gasteiger partial charge in [0.05, 0.1) is 11.2 Å². The van der Waals surface area contributed by atoms with Crippen LogP contribution in [0.4, 0.5) is 0 Å². The van der Waals surface area contributed by atoms with Crippen molar-refractivity contribution < 1.29 is 14.0 Å². The van der Waals surface area contributed by atoms with Crippen molar-refractivity contribution in [2.24, 2.45) is 0 Å². The van der Waals surface area contributed by atoms with E-state index in [1.54, 1.807) is 0 Å². The number of rotatable bonds is 5. The fourth-order valence-corrected chi connectivity index (χ4v) is 3.56. The maximum absolute atomic E-state index is 6.34. The molecule has 2 fully saturated rings. The Hall–Kier alpha value is -1.78. The minimum Gasteiger partial charge on any atom is -0.489 e. The van der Waals surface area contributed by atoms with Gasteiger partial charge in [-0.25, -0.2) is 0 Å². The first kappa shape index (κ1) is 18.6. The lowest BCUT2D eigenvalue weighted by atomic mass is 9.74. The molecule has 1 aliphatic heterocycles. The Morgan fingerprint density at radius 3 is 2.22 bits per heavy atom. The molecule has 0 N–H and O–H groups in total. The van der Waals surface area contributed by atoms with E-state index in [4.69, 9.17) is 14.0 Å². The molecule has 0 bridgehead atoms. The second-order valence-corrected chi connectivity index (χ2v) is 8.89. The van der Waals surface area contributed by atoms with Gasteiger partial charge in [0.15, 0.2) is 0 Å². The van der Waals surface area contributed by atoms with Gasteiger partial charge in [-0.15, -0.1) is 0 Å². The lowest BCUT2D eigenvalue weighted by molar-refractivity contribution is 0.00578. The molecule has 0 unspecified atom stereocenters. The molecule has 3 nitrogen and oxygen atoms in total. The van der Waals surface area contributed by atoms with Gasteiger partial charge in [0.25, 0.3) is 0 Å². The number of hydrogen-bond acceptors (Lipinski definition) is 3. The molecule has 142 valence electrons. The van der Waals surface area contributed by atoms with Gasteiger partial charge in [0.1, 0.15) is 12.4 Å². The zero-order valence-corrected chi connectivity index (χ0v) is 17.0. The van der Waals surface area contributed by atoms with Crippen LogP contribution in [0.5, 0.6) is 5.75 Å². The van der Waals surface area contributed by atoms with Gasteiger partial charge in [-0.2, -0.15) is 0 Å². The molecule has 27 heavy (non-hydrogen) atoms. The van der Waals surface area contributed by atoms with Gasteiger partial charge in [0, 0.05) is 5.46 Å². The first-order chi connectivity index (χ1) is 12.8. The number of ether oxygens (including phenoxy) is 1. The summed E-state index contributed by atoms with van der Waals surface area (Å²) in [5.74, 6) is 1.56. The molecule has 0 aromatic heterocycles. The third-order valence-corrected chi connectivity index (χ3v) is 6.15. The van der Waals surface area contributed by atoms with Gasteiger partial charge in [-0.3, -0.25) is 0 Å². The normalized spacial score (nSPS) is 20.7. The Labute approximate surface area is 163 Å². The van der Waals surface area contributed by atoms with Crippen molar-refractivity contribution in [2.45, 2.75) is 71.2 Å². The minimum absolute atomic E-state index is 0.365. The minimum atomic E-state index is -0.408. The van der Waals surface area contributed by atoms with Gasteiger partial charge in [-0.1, -0.05) is 36.4 Å². The summed E-state index contributed by atoms with van der Waals surface area (Å²) in [6.45, 7) is 11.0. The molecule has 4 heteroatoms. The maximum atomic E-state index is 6.34. The van der Waals surface area contributed by atoms with Gasteiger partial charge in [0.2, 0.25) is 0 Å². The molecule has 1 aliphatic carbocycles. The van der Waals surface area contributed by atoms with Crippen LogP contribution in [0.1, 0.15) is 63.1 Å². The van der Waals surface area contributed by atoms with E-state index in [-0.39, 0.29) is 11.2 Å². The highest BCUT2D eigenvalue weighted by molar-refractivity contribution is 6.63. The summed E-state index contributed by atoms with van der Waals surface area (Å²) in [6.07, 6.45) is 2.54. The Morgan fingerprint density at radius 1 is 1.00 bits per heavy atom. The largest absolute Gasteiger partial charge is 0.498 e. The predicted molar refractivity (Wildman–Crippen MR) is 110 cm³/mol. The van der Waals surface area contributed by atoms with E-state index in [1.807, 2.05) is 18.2 Å². The first-order valence-electron chi connectivity index (χ1n) is 9.94. The summed E-state index contributed by atoms with van der Waals surface area (Å²) in [5.41, 5.74) is 4.00. The van der Waals surface area contributed by atoms with Crippen LogP contribution in [0.3, 0.4) is 0 Å².